The van der Waals surface area contributed by atoms with Crippen molar-refractivity contribution in [1.29, 1.82) is 0 Å². The number of carbonyl (C=O) groups is 2. The minimum absolute atomic E-state index is 0.0172. The number of fused-ring (bicyclic) bond motifs is 3. The van der Waals surface area contributed by atoms with E-state index in [1.165, 1.54) is 0 Å². The first-order valence-corrected chi connectivity index (χ1v) is 12.9. The van der Waals surface area contributed by atoms with Crippen LogP contribution in [-0.2, 0) is 9.53 Å². The van der Waals surface area contributed by atoms with Gasteiger partial charge in [-0.25, -0.2) is 4.79 Å². The standard InChI is InChI=1S/C27H39NO6/c1-15-13-26-16(2)11-19-20(25(19,3)4)18(22(26)31)12-17(14-29)21(30)27(26,33)23(15)34-24(32)28-9-7-5-6-8-10-28/h12-13,16,18-21,23,29-30,33H,5-11,14H2,1-4H3/t16-,18+,19-,20+,21-,23+,26+,27+/m1/s1. The molecule has 0 aromatic heterocycles. The summed E-state index contributed by atoms with van der Waals surface area (Å²) >= 11 is 0. The Balaban J connectivity index is 1.58. The summed E-state index contributed by atoms with van der Waals surface area (Å²) in [7, 11) is 0. The molecule has 2 saturated carbocycles. The summed E-state index contributed by atoms with van der Waals surface area (Å²) in [6.07, 6.45) is 4.94. The monoisotopic (exact) mass is 473 g/mol. The molecule has 8 atom stereocenters. The van der Waals surface area contributed by atoms with Gasteiger partial charge in [-0.15, -0.1) is 0 Å². The van der Waals surface area contributed by atoms with Crippen LogP contribution in [0.2, 0.25) is 0 Å². The van der Waals surface area contributed by atoms with Crippen molar-refractivity contribution in [2.45, 2.75) is 77.6 Å². The van der Waals surface area contributed by atoms with E-state index >= 15 is 0 Å². The zero-order valence-electron chi connectivity index (χ0n) is 20.8. The molecule has 5 aliphatic rings. The molecule has 0 aromatic rings. The highest BCUT2D eigenvalue weighted by atomic mass is 16.6. The van der Waals surface area contributed by atoms with Crippen molar-refractivity contribution in [3.8, 4) is 0 Å². The highest BCUT2D eigenvalue weighted by molar-refractivity contribution is 5.95. The lowest BCUT2D eigenvalue weighted by atomic mass is 9.59. The lowest BCUT2D eigenvalue weighted by Crippen LogP contribution is -2.66. The molecule has 5 rings (SSSR count). The molecular weight excluding hydrogens is 434 g/mol. The van der Waals surface area contributed by atoms with E-state index in [4.69, 9.17) is 4.74 Å². The maximum absolute atomic E-state index is 14.3. The Bertz CT molecular complexity index is 947. The van der Waals surface area contributed by atoms with Crippen molar-refractivity contribution in [1.82, 2.24) is 4.90 Å². The minimum atomic E-state index is -2.07. The van der Waals surface area contributed by atoms with Crippen molar-refractivity contribution in [3.63, 3.8) is 0 Å². The average Bonchev–Trinajstić information content (AvgIpc) is 3.40. The third kappa shape index (κ3) is 2.99. The Hall–Kier alpha value is -1.70. The van der Waals surface area contributed by atoms with E-state index in [1.807, 2.05) is 6.92 Å². The fourth-order valence-corrected chi connectivity index (χ4v) is 8.02. The lowest BCUT2D eigenvalue weighted by molar-refractivity contribution is -0.191. The third-order valence-corrected chi connectivity index (χ3v) is 9.98. The van der Waals surface area contributed by atoms with Gasteiger partial charge in [-0.2, -0.15) is 0 Å². The van der Waals surface area contributed by atoms with Crippen LogP contribution in [-0.4, -0.2) is 69.6 Å². The predicted molar refractivity (Wildman–Crippen MR) is 126 cm³/mol. The van der Waals surface area contributed by atoms with Gasteiger partial charge in [0.1, 0.15) is 6.10 Å². The number of likely N-dealkylation sites (tertiary alicyclic amines) is 1. The number of hydrogen-bond donors (Lipinski definition) is 3. The summed E-state index contributed by atoms with van der Waals surface area (Å²) in [5.74, 6) is -0.470. The van der Waals surface area contributed by atoms with Gasteiger partial charge in [-0.1, -0.05) is 45.8 Å². The van der Waals surface area contributed by atoms with Gasteiger partial charge in [0.05, 0.1) is 12.0 Å². The zero-order valence-corrected chi connectivity index (χ0v) is 20.8. The van der Waals surface area contributed by atoms with Crippen LogP contribution in [0.15, 0.2) is 23.3 Å². The summed E-state index contributed by atoms with van der Waals surface area (Å²) in [6, 6.07) is 0. The fraction of sp³-hybridized carbons (Fsp3) is 0.778. The number of amides is 1. The van der Waals surface area contributed by atoms with Crippen LogP contribution in [0, 0.1) is 34.5 Å². The molecule has 0 unspecified atom stereocenters. The second-order valence-electron chi connectivity index (χ2n) is 12.0. The first kappa shape index (κ1) is 24.0. The molecule has 1 spiro atoms. The molecule has 3 fully saturated rings. The topological polar surface area (TPSA) is 107 Å². The molecule has 1 heterocycles. The molecule has 7 nitrogen and oxygen atoms in total. The quantitative estimate of drug-likeness (QED) is 0.533. The number of nitrogens with zero attached hydrogens (tertiary/aromatic N) is 1. The van der Waals surface area contributed by atoms with Crippen LogP contribution in [0.3, 0.4) is 0 Å². The summed E-state index contributed by atoms with van der Waals surface area (Å²) < 4.78 is 5.96. The number of hydrogen-bond acceptors (Lipinski definition) is 6. The van der Waals surface area contributed by atoms with Gasteiger partial charge in [0.2, 0.25) is 0 Å². The molecule has 34 heavy (non-hydrogen) atoms. The van der Waals surface area contributed by atoms with E-state index < -0.39 is 41.8 Å². The Morgan fingerprint density at radius 2 is 1.85 bits per heavy atom. The highest BCUT2D eigenvalue weighted by Crippen LogP contribution is 2.71. The van der Waals surface area contributed by atoms with E-state index in [0.717, 1.165) is 32.1 Å². The second kappa shape index (κ2) is 7.90. The average molecular weight is 474 g/mol. The molecular formula is C27H39NO6. The van der Waals surface area contributed by atoms with Crippen LogP contribution in [0.1, 0.15) is 59.8 Å². The van der Waals surface area contributed by atoms with E-state index in [9.17, 15) is 24.9 Å². The molecule has 1 amide bonds. The molecule has 0 radical (unpaired) electrons. The van der Waals surface area contributed by atoms with E-state index in [1.54, 1.807) is 24.0 Å². The number of allylic oxidation sites excluding steroid dienone is 1. The summed E-state index contributed by atoms with van der Waals surface area (Å²) in [6.45, 7) is 8.79. The third-order valence-electron chi connectivity index (χ3n) is 9.98. The Labute approximate surface area is 201 Å². The van der Waals surface area contributed by atoms with Gasteiger partial charge < -0.3 is 25.0 Å². The first-order valence-electron chi connectivity index (χ1n) is 12.9. The van der Waals surface area contributed by atoms with Crippen LogP contribution >= 0.6 is 0 Å². The number of rotatable bonds is 2. The van der Waals surface area contributed by atoms with Crippen molar-refractivity contribution >= 4 is 11.9 Å². The van der Waals surface area contributed by atoms with Crippen LogP contribution in [0.5, 0.6) is 0 Å². The number of ketones is 1. The Kier molecular flexibility index (Phi) is 5.58. The Morgan fingerprint density at radius 1 is 1.21 bits per heavy atom. The second-order valence-corrected chi connectivity index (χ2v) is 12.0. The molecule has 188 valence electrons. The minimum Gasteiger partial charge on any atom is -0.438 e. The van der Waals surface area contributed by atoms with Gasteiger partial charge in [0, 0.05) is 19.0 Å². The first-order chi connectivity index (χ1) is 16.0. The molecule has 7 heteroatoms. The molecule has 1 aliphatic heterocycles. The zero-order chi connectivity index (χ0) is 24.6. The van der Waals surface area contributed by atoms with Gasteiger partial charge in [0.25, 0.3) is 0 Å². The maximum Gasteiger partial charge on any atom is 0.410 e. The number of aliphatic hydroxyl groups excluding tert-OH is 2. The Morgan fingerprint density at radius 3 is 2.47 bits per heavy atom. The lowest BCUT2D eigenvalue weighted by Gasteiger charge is -2.49. The van der Waals surface area contributed by atoms with E-state index in [0.29, 0.717) is 24.6 Å². The van der Waals surface area contributed by atoms with Gasteiger partial charge in [-0.05, 0) is 60.5 Å². The number of ether oxygens (including phenoxy) is 1. The summed E-state index contributed by atoms with van der Waals surface area (Å²) in [4.78, 5) is 29.2. The number of carbonyl (C=O) groups excluding carboxylic acids is 2. The SMILES string of the molecule is CC1=C[C@]23C(=O)[C@@H](C=C(CO)[C@@H](O)[C@]2(O)[C@H]1OC(=O)N1CCCCCC1)[C@H]1[C@@H](C[C@H]3C)C1(C)C. The van der Waals surface area contributed by atoms with Crippen LogP contribution < -0.4 is 0 Å². The molecule has 0 aromatic carbocycles. The summed E-state index contributed by atoms with van der Waals surface area (Å²) in [5.41, 5.74) is -2.66. The van der Waals surface area contributed by atoms with Crippen LogP contribution in [0.4, 0.5) is 4.79 Å². The normalized spacial score (nSPS) is 45.1. The molecule has 4 aliphatic carbocycles. The fourth-order valence-electron chi connectivity index (χ4n) is 8.02. The van der Waals surface area contributed by atoms with Gasteiger partial charge in [-0.3, -0.25) is 4.79 Å². The largest absolute Gasteiger partial charge is 0.438 e. The molecule has 2 bridgehead atoms. The van der Waals surface area contributed by atoms with Crippen molar-refractivity contribution in [2.24, 2.45) is 34.5 Å². The van der Waals surface area contributed by atoms with Crippen molar-refractivity contribution < 1.29 is 29.6 Å². The maximum atomic E-state index is 14.3. The predicted octanol–water partition coefficient (Wildman–Crippen LogP) is 2.84. The van der Waals surface area contributed by atoms with Crippen molar-refractivity contribution in [2.75, 3.05) is 19.7 Å². The number of aliphatic hydroxyl groups is 3. The smallest absolute Gasteiger partial charge is 0.410 e. The van der Waals surface area contributed by atoms with Gasteiger partial charge in [0.15, 0.2) is 17.5 Å². The highest BCUT2D eigenvalue weighted by Gasteiger charge is 2.76. The molecule has 1 saturated heterocycles. The molecule has 3 N–H and O–H groups in total. The summed E-state index contributed by atoms with van der Waals surface area (Å²) in [5, 5.41) is 34.2. The van der Waals surface area contributed by atoms with E-state index in [2.05, 4.69) is 13.8 Å². The number of Topliss-reactive ketones (excluding diaryl/α,β-unsaturated/α-hetero) is 1. The van der Waals surface area contributed by atoms with Crippen LogP contribution in [0.25, 0.3) is 0 Å². The van der Waals surface area contributed by atoms with E-state index in [-0.39, 0.29) is 28.6 Å². The van der Waals surface area contributed by atoms with Crippen molar-refractivity contribution in [3.05, 3.63) is 23.3 Å². The van der Waals surface area contributed by atoms with Gasteiger partial charge >= 0.3 is 6.09 Å².